The summed E-state index contributed by atoms with van der Waals surface area (Å²) in [5, 5.41) is 2.61. The molecule has 13 heteroatoms. The van der Waals surface area contributed by atoms with Gasteiger partial charge in [0.2, 0.25) is 22.7 Å². The van der Waals surface area contributed by atoms with E-state index in [0.29, 0.717) is 36.3 Å². The lowest BCUT2D eigenvalue weighted by molar-refractivity contribution is -0.138. The number of carbonyl (C=O) groups excluding carboxylic acids is 3. The second-order valence-electron chi connectivity index (χ2n) is 9.35. The van der Waals surface area contributed by atoms with Crippen LogP contribution in [0.5, 0.6) is 17.2 Å². The molecule has 3 aliphatic heterocycles. The average Bonchev–Trinajstić information content (AvgIpc) is 3.60. The molecule has 4 heterocycles. The summed E-state index contributed by atoms with van der Waals surface area (Å²) >= 11 is 0. The maximum atomic E-state index is 13.5. The van der Waals surface area contributed by atoms with E-state index in [-0.39, 0.29) is 37.2 Å². The van der Waals surface area contributed by atoms with Crippen LogP contribution in [-0.2, 0) is 25.4 Å². The molecule has 3 atom stereocenters. The highest BCUT2D eigenvalue weighted by atomic mass is 32.2. The molecule has 0 spiro atoms. The third-order valence-corrected chi connectivity index (χ3v) is 8.62. The topological polar surface area (TPSA) is 144 Å². The first-order valence-corrected chi connectivity index (χ1v) is 14.0. The van der Waals surface area contributed by atoms with E-state index < -0.39 is 40.1 Å². The number of nitrogens with one attached hydrogen (secondary N) is 1. The molecule has 1 N–H and O–H groups in total. The molecule has 5 rings (SSSR count). The monoisotopic (exact) mass is 544 g/mol. The molecule has 0 saturated carbocycles. The number of fused-ring (bicyclic) bond motifs is 2. The fourth-order valence-electron chi connectivity index (χ4n) is 5.12. The zero-order chi connectivity index (χ0) is 26.9. The molecule has 12 nitrogen and oxygen atoms in total. The summed E-state index contributed by atoms with van der Waals surface area (Å²) < 4.78 is 43.4. The number of pyridine rings is 1. The van der Waals surface area contributed by atoms with Crippen LogP contribution in [0.2, 0.25) is 0 Å². The van der Waals surface area contributed by atoms with E-state index in [4.69, 9.17) is 14.2 Å². The third-order valence-electron chi connectivity index (χ3n) is 6.81. The second-order valence-corrected chi connectivity index (χ2v) is 11.3. The molecule has 2 amide bonds. The SMILES string of the molecule is CCCC(NC(=O)Oc1ccc2c(c1)OCO2)C(=O)N1CCC2C1C(=O)CN2S(=O)(=O)Cc1cccnc1. The number of hydrogen-bond donors (Lipinski definition) is 1. The molecule has 2 saturated heterocycles. The molecule has 3 aliphatic rings. The highest BCUT2D eigenvalue weighted by molar-refractivity contribution is 7.88. The van der Waals surface area contributed by atoms with Gasteiger partial charge in [0, 0.05) is 25.0 Å². The van der Waals surface area contributed by atoms with E-state index in [1.807, 2.05) is 6.92 Å². The van der Waals surface area contributed by atoms with Crippen molar-refractivity contribution in [1.82, 2.24) is 19.5 Å². The van der Waals surface area contributed by atoms with Crippen molar-refractivity contribution in [3.8, 4) is 17.2 Å². The Labute approximate surface area is 219 Å². The standard InChI is InChI=1S/C25H28N4O8S/c1-2-4-18(27-25(32)37-17-6-7-21-22(11-17)36-15-35-21)24(31)28-10-8-19-23(28)20(30)13-29(19)38(33,34)14-16-5-3-9-26-12-16/h3,5-7,9,11-12,18-19,23H,2,4,8,10,13-15H2,1H3,(H,27,32). The summed E-state index contributed by atoms with van der Waals surface area (Å²) in [7, 11) is -3.81. The number of aromatic nitrogens is 1. The van der Waals surface area contributed by atoms with Crippen molar-refractivity contribution in [1.29, 1.82) is 0 Å². The van der Waals surface area contributed by atoms with Crippen molar-refractivity contribution in [3.05, 3.63) is 48.3 Å². The Morgan fingerprint density at radius 3 is 2.82 bits per heavy atom. The van der Waals surface area contributed by atoms with Crippen LogP contribution in [-0.4, -0.2) is 78.4 Å². The van der Waals surface area contributed by atoms with Crippen LogP contribution in [0.1, 0.15) is 31.7 Å². The van der Waals surface area contributed by atoms with Crippen LogP contribution in [0.15, 0.2) is 42.7 Å². The zero-order valence-electron chi connectivity index (χ0n) is 20.7. The summed E-state index contributed by atoms with van der Waals surface area (Å²) in [5.74, 6) is 0.143. The highest BCUT2D eigenvalue weighted by Crippen LogP contribution is 2.35. The van der Waals surface area contributed by atoms with Crippen molar-refractivity contribution in [2.24, 2.45) is 0 Å². The molecule has 1 aromatic heterocycles. The molecule has 38 heavy (non-hydrogen) atoms. The fourth-order valence-corrected chi connectivity index (χ4v) is 6.84. The quantitative estimate of drug-likeness (QED) is 0.522. The van der Waals surface area contributed by atoms with Gasteiger partial charge in [-0.05, 0) is 36.6 Å². The van der Waals surface area contributed by atoms with E-state index in [0.717, 1.165) is 0 Å². The molecular weight excluding hydrogens is 516 g/mol. The summed E-state index contributed by atoms with van der Waals surface area (Å²) in [6.45, 7) is 1.86. The Kier molecular flexibility index (Phi) is 7.21. The number of likely N-dealkylation sites (tertiary alicyclic amines) is 1. The predicted molar refractivity (Wildman–Crippen MR) is 133 cm³/mol. The van der Waals surface area contributed by atoms with E-state index in [1.54, 1.807) is 30.5 Å². The number of amides is 2. The van der Waals surface area contributed by atoms with Crippen molar-refractivity contribution < 1.29 is 37.0 Å². The van der Waals surface area contributed by atoms with Gasteiger partial charge in [-0.15, -0.1) is 0 Å². The van der Waals surface area contributed by atoms with Gasteiger partial charge in [-0.3, -0.25) is 14.6 Å². The minimum Gasteiger partial charge on any atom is -0.454 e. The molecular formula is C25H28N4O8S. The van der Waals surface area contributed by atoms with E-state index >= 15 is 0 Å². The van der Waals surface area contributed by atoms with Gasteiger partial charge in [0.1, 0.15) is 17.8 Å². The van der Waals surface area contributed by atoms with E-state index in [1.165, 1.54) is 21.5 Å². The van der Waals surface area contributed by atoms with Gasteiger partial charge in [-0.1, -0.05) is 19.4 Å². The van der Waals surface area contributed by atoms with Crippen molar-refractivity contribution in [3.63, 3.8) is 0 Å². The summed E-state index contributed by atoms with van der Waals surface area (Å²) in [5.41, 5.74) is 0.516. The summed E-state index contributed by atoms with van der Waals surface area (Å²) in [6, 6.07) is 5.52. The van der Waals surface area contributed by atoms with Gasteiger partial charge in [0.15, 0.2) is 17.3 Å². The number of nitrogens with zero attached hydrogens (tertiary/aromatic N) is 3. The zero-order valence-corrected chi connectivity index (χ0v) is 21.6. The summed E-state index contributed by atoms with van der Waals surface area (Å²) in [4.78, 5) is 44.5. The lowest BCUT2D eigenvalue weighted by atomic mass is 10.1. The van der Waals surface area contributed by atoms with Crippen LogP contribution in [0.3, 0.4) is 0 Å². The Hall–Kier alpha value is -3.71. The molecule has 1 aromatic carbocycles. The number of carbonyl (C=O) groups is 3. The van der Waals surface area contributed by atoms with Gasteiger partial charge >= 0.3 is 6.09 Å². The molecule has 2 aromatic rings. The number of ketones is 1. The largest absolute Gasteiger partial charge is 0.454 e. The van der Waals surface area contributed by atoms with Crippen LogP contribution in [0.4, 0.5) is 4.79 Å². The van der Waals surface area contributed by atoms with Crippen molar-refractivity contribution in [2.75, 3.05) is 19.9 Å². The molecule has 0 bridgehead atoms. The van der Waals surface area contributed by atoms with Crippen LogP contribution in [0, 0.1) is 0 Å². The van der Waals surface area contributed by atoms with Gasteiger partial charge in [0.25, 0.3) is 0 Å². The Balaban J connectivity index is 1.26. The highest BCUT2D eigenvalue weighted by Gasteiger charge is 2.54. The number of hydrogen-bond acceptors (Lipinski definition) is 9. The number of benzene rings is 1. The van der Waals surface area contributed by atoms with Crippen molar-refractivity contribution >= 4 is 27.8 Å². The molecule has 202 valence electrons. The lowest BCUT2D eigenvalue weighted by Crippen LogP contribution is -2.53. The fraction of sp³-hybridized carbons (Fsp3) is 0.440. The third kappa shape index (κ3) is 5.16. The normalized spacial score (nSPS) is 21.3. The van der Waals surface area contributed by atoms with Crippen LogP contribution < -0.4 is 19.5 Å². The maximum Gasteiger partial charge on any atom is 0.413 e. The maximum absolute atomic E-state index is 13.5. The van der Waals surface area contributed by atoms with Crippen LogP contribution in [0.25, 0.3) is 0 Å². The number of sulfonamides is 1. The molecule has 0 aliphatic carbocycles. The minimum atomic E-state index is -3.81. The Bertz CT molecular complexity index is 1340. The Morgan fingerprint density at radius 2 is 2.05 bits per heavy atom. The smallest absolute Gasteiger partial charge is 0.413 e. The van der Waals surface area contributed by atoms with E-state index in [9.17, 15) is 22.8 Å². The first kappa shape index (κ1) is 25.9. The Morgan fingerprint density at radius 1 is 1.24 bits per heavy atom. The van der Waals surface area contributed by atoms with Gasteiger partial charge in [0.05, 0.1) is 18.3 Å². The van der Waals surface area contributed by atoms with E-state index in [2.05, 4.69) is 10.3 Å². The minimum absolute atomic E-state index is 0.0803. The van der Waals surface area contributed by atoms with Crippen LogP contribution >= 0.6 is 0 Å². The number of rotatable bonds is 8. The first-order valence-electron chi connectivity index (χ1n) is 12.4. The number of ether oxygens (including phenoxy) is 3. The first-order chi connectivity index (χ1) is 18.3. The average molecular weight is 545 g/mol. The second kappa shape index (κ2) is 10.6. The van der Waals surface area contributed by atoms with Gasteiger partial charge in [-0.25, -0.2) is 13.2 Å². The summed E-state index contributed by atoms with van der Waals surface area (Å²) in [6.07, 6.45) is 3.43. The lowest BCUT2D eigenvalue weighted by Gasteiger charge is -2.28. The van der Waals surface area contributed by atoms with Gasteiger partial charge in [-0.2, -0.15) is 4.31 Å². The molecule has 3 unspecified atom stereocenters. The van der Waals surface area contributed by atoms with Crippen molar-refractivity contribution in [2.45, 2.75) is 50.1 Å². The molecule has 2 fully saturated rings. The molecule has 0 radical (unpaired) electrons. The number of Topliss-reactive ketones (excluding diaryl/α,β-unsaturated/α-hetero) is 1. The van der Waals surface area contributed by atoms with Gasteiger partial charge < -0.3 is 24.4 Å². The predicted octanol–water partition coefficient (Wildman–Crippen LogP) is 1.45.